The minimum absolute atomic E-state index is 0.0316. The molecule has 1 aliphatic heterocycles. The lowest BCUT2D eigenvalue weighted by molar-refractivity contribution is -0.131. The number of carbonyl (C=O) groups excluding carboxylic acids is 2. The van der Waals surface area contributed by atoms with E-state index in [9.17, 15) is 9.59 Å². The number of rotatable bonds is 3. The molecule has 0 aromatic carbocycles. The van der Waals surface area contributed by atoms with Crippen molar-refractivity contribution < 1.29 is 9.59 Å². The molecule has 2 fully saturated rings. The lowest BCUT2D eigenvalue weighted by Gasteiger charge is -2.36. The first-order chi connectivity index (χ1) is 11.6. The van der Waals surface area contributed by atoms with Gasteiger partial charge in [0.25, 0.3) is 0 Å². The number of hydrogen-bond donors (Lipinski definition) is 1. The normalized spacial score (nSPS) is 19.4. The Morgan fingerprint density at radius 3 is 2.46 bits per heavy atom. The van der Waals surface area contributed by atoms with Gasteiger partial charge in [-0.2, -0.15) is 0 Å². The van der Waals surface area contributed by atoms with Crippen molar-refractivity contribution in [3.8, 4) is 0 Å². The van der Waals surface area contributed by atoms with E-state index in [2.05, 4.69) is 10.3 Å². The van der Waals surface area contributed by atoms with E-state index in [0.29, 0.717) is 38.6 Å². The van der Waals surface area contributed by atoms with Crippen molar-refractivity contribution in [2.75, 3.05) is 26.2 Å². The van der Waals surface area contributed by atoms with Gasteiger partial charge in [0.1, 0.15) is 0 Å². The number of amides is 3. The average Bonchev–Trinajstić information content (AvgIpc) is 3.00. The minimum atomic E-state index is 0.0316. The highest BCUT2D eigenvalue weighted by molar-refractivity contribution is 7.09. The number of thiazole rings is 1. The van der Waals surface area contributed by atoms with Gasteiger partial charge in [-0.1, -0.05) is 19.3 Å². The molecule has 0 bridgehead atoms. The van der Waals surface area contributed by atoms with E-state index in [1.807, 2.05) is 22.1 Å². The van der Waals surface area contributed by atoms with Crippen LogP contribution in [0.5, 0.6) is 0 Å². The van der Waals surface area contributed by atoms with E-state index in [0.717, 1.165) is 23.5 Å². The largest absolute Gasteiger partial charge is 0.339 e. The van der Waals surface area contributed by atoms with Gasteiger partial charge in [0.05, 0.1) is 17.1 Å². The molecule has 0 atom stereocenters. The summed E-state index contributed by atoms with van der Waals surface area (Å²) in [6.45, 7) is 4.39. The fourth-order valence-corrected chi connectivity index (χ4v) is 4.04. The highest BCUT2D eigenvalue weighted by atomic mass is 32.1. The first-order valence-corrected chi connectivity index (χ1v) is 9.74. The first kappa shape index (κ1) is 17.2. The summed E-state index contributed by atoms with van der Waals surface area (Å²) in [6, 6.07) is 0.364. The Labute approximate surface area is 147 Å². The highest BCUT2D eigenvalue weighted by Crippen LogP contribution is 2.18. The summed E-state index contributed by atoms with van der Waals surface area (Å²) in [5, 5.41) is 6.08. The summed E-state index contributed by atoms with van der Waals surface area (Å²) in [5.41, 5.74) is 0.847. The standard InChI is InChI=1S/C17H26N4O2S/c1-13-18-15(12-24-13)11-16(22)20-7-9-21(10-8-20)17(23)19-14-5-3-2-4-6-14/h12,14H,2-11H2,1H3,(H,19,23). The zero-order valence-electron chi connectivity index (χ0n) is 14.3. The van der Waals surface area contributed by atoms with Crippen LogP contribution in [0.4, 0.5) is 4.79 Å². The molecule has 1 saturated carbocycles. The number of carbonyl (C=O) groups is 2. The van der Waals surface area contributed by atoms with Gasteiger partial charge < -0.3 is 15.1 Å². The number of aryl methyl sites for hydroxylation is 1. The fraction of sp³-hybridized carbons (Fsp3) is 0.706. The molecule has 1 saturated heterocycles. The molecule has 7 heteroatoms. The fourth-order valence-electron chi connectivity index (χ4n) is 3.43. The Hall–Kier alpha value is -1.63. The number of piperazine rings is 1. The van der Waals surface area contributed by atoms with Gasteiger partial charge in [-0.15, -0.1) is 11.3 Å². The highest BCUT2D eigenvalue weighted by Gasteiger charge is 2.26. The topological polar surface area (TPSA) is 65.5 Å². The molecule has 0 spiro atoms. The zero-order valence-corrected chi connectivity index (χ0v) is 15.1. The lowest BCUT2D eigenvalue weighted by atomic mass is 9.96. The predicted molar refractivity (Wildman–Crippen MR) is 94.1 cm³/mol. The van der Waals surface area contributed by atoms with Crippen molar-refractivity contribution in [3.05, 3.63) is 16.1 Å². The van der Waals surface area contributed by atoms with Crippen LogP contribution in [0.25, 0.3) is 0 Å². The van der Waals surface area contributed by atoms with Crippen LogP contribution >= 0.6 is 11.3 Å². The maximum Gasteiger partial charge on any atom is 0.317 e. The number of urea groups is 1. The second kappa shape index (κ2) is 7.96. The third-order valence-corrected chi connectivity index (χ3v) is 5.67. The molecule has 1 aliphatic carbocycles. The van der Waals surface area contributed by atoms with Crippen LogP contribution in [0.15, 0.2) is 5.38 Å². The number of nitrogens with zero attached hydrogens (tertiary/aromatic N) is 3. The maximum absolute atomic E-state index is 12.3. The van der Waals surface area contributed by atoms with E-state index in [1.165, 1.54) is 19.3 Å². The van der Waals surface area contributed by atoms with Gasteiger partial charge in [0.15, 0.2) is 0 Å². The first-order valence-electron chi connectivity index (χ1n) is 8.86. The summed E-state index contributed by atoms with van der Waals surface area (Å²) < 4.78 is 0. The van der Waals surface area contributed by atoms with Gasteiger partial charge in [-0.25, -0.2) is 9.78 Å². The number of hydrogen-bond acceptors (Lipinski definition) is 4. The van der Waals surface area contributed by atoms with Gasteiger partial charge in [0.2, 0.25) is 5.91 Å². The summed E-state index contributed by atoms with van der Waals surface area (Å²) in [6.07, 6.45) is 6.26. The molecule has 0 radical (unpaired) electrons. The zero-order chi connectivity index (χ0) is 16.9. The quantitative estimate of drug-likeness (QED) is 0.909. The maximum atomic E-state index is 12.3. The third kappa shape index (κ3) is 4.47. The summed E-state index contributed by atoms with van der Waals surface area (Å²) in [5.74, 6) is 0.104. The van der Waals surface area contributed by atoms with Crippen molar-refractivity contribution in [3.63, 3.8) is 0 Å². The van der Waals surface area contributed by atoms with Gasteiger partial charge in [-0.05, 0) is 19.8 Å². The smallest absolute Gasteiger partial charge is 0.317 e. The molecule has 1 N–H and O–H groups in total. The second-order valence-corrected chi connectivity index (χ2v) is 7.75. The van der Waals surface area contributed by atoms with Gasteiger partial charge in [-0.3, -0.25) is 4.79 Å². The van der Waals surface area contributed by atoms with Crippen LogP contribution in [0.1, 0.15) is 42.8 Å². The van der Waals surface area contributed by atoms with E-state index in [4.69, 9.17) is 0 Å². The van der Waals surface area contributed by atoms with Crippen molar-refractivity contribution in [1.29, 1.82) is 0 Å². The van der Waals surface area contributed by atoms with Crippen LogP contribution < -0.4 is 5.32 Å². The van der Waals surface area contributed by atoms with E-state index in [-0.39, 0.29) is 11.9 Å². The van der Waals surface area contributed by atoms with Crippen LogP contribution in [0.2, 0.25) is 0 Å². The molecule has 3 amide bonds. The van der Waals surface area contributed by atoms with Crippen LogP contribution in [-0.2, 0) is 11.2 Å². The molecule has 2 aliphatic rings. The Bertz CT molecular complexity index is 575. The molecule has 0 unspecified atom stereocenters. The van der Waals surface area contributed by atoms with Crippen molar-refractivity contribution in [2.24, 2.45) is 0 Å². The van der Waals surface area contributed by atoms with Crippen molar-refractivity contribution in [1.82, 2.24) is 20.1 Å². The van der Waals surface area contributed by atoms with Crippen LogP contribution in [-0.4, -0.2) is 58.9 Å². The van der Waals surface area contributed by atoms with Crippen LogP contribution in [0, 0.1) is 6.92 Å². The van der Waals surface area contributed by atoms with Crippen LogP contribution in [0.3, 0.4) is 0 Å². The Morgan fingerprint density at radius 1 is 1.17 bits per heavy atom. The van der Waals surface area contributed by atoms with E-state index >= 15 is 0 Å². The Balaban J connectivity index is 1.43. The van der Waals surface area contributed by atoms with Crippen molar-refractivity contribution >= 4 is 23.3 Å². The Kier molecular flexibility index (Phi) is 5.71. The van der Waals surface area contributed by atoms with Gasteiger partial charge in [0, 0.05) is 37.6 Å². The SMILES string of the molecule is Cc1nc(CC(=O)N2CCN(C(=O)NC3CCCCC3)CC2)cs1. The van der Waals surface area contributed by atoms with Crippen molar-refractivity contribution in [2.45, 2.75) is 51.5 Å². The van der Waals surface area contributed by atoms with E-state index < -0.39 is 0 Å². The monoisotopic (exact) mass is 350 g/mol. The molecular weight excluding hydrogens is 324 g/mol. The summed E-state index contributed by atoms with van der Waals surface area (Å²) in [4.78, 5) is 32.7. The second-order valence-electron chi connectivity index (χ2n) is 6.69. The summed E-state index contributed by atoms with van der Waals surface area (Å²) in [7, 11) is 0. The van der Waals surface area contributed by atoms with Gasteiger partial charge >= 0.3 is 6.03 Å². The number of aromatic nitrogens is 1. The molecule has 3 rings (SSSR count). The lowest BCUT2D eigenvalue weighted by Crippen LogP contribution is -2.55. The Morgan fingerprint density at radius 2 is 1.83 bits per heavy atom. The molecule has 1 aromatic heterocycles. The third-order valence-electron chi connectivity index (χ3n) is 4.85. The minimum Gasteiger partial charge on any atom is -0.339 e. The molecule has 2 heterocycles. The summed E-state index contributed by atoms with van der Waals surface area (Å²) >= 11 is 1.57. The van der Waals surface area contributed by atoms with E-state index in [1.54, 1.807) is 11.3 Å². The average molecular weight is 350 g/mol. The molecular formula is C17H26N4O2S. The molecule has 1 aromatic rings. The molecule has 24 heavy (non-hydrogen) atoms. The predicted octanol–water partition coefficient (Wildman–Crippen LogP) is 2.18. The molecule has 132 valence electrons. The molecule has 6 nitrogen and oxygen atoms in total. The number of nitrogens with one attached hydrogen (secondary N) is 1.